The Hall–Kier alpha value is -0.440. The van der Waals surface area contributed by atoms with Gasteiger partial charge in [-0.05, 0) is 17.7 Å². The van der Waals surface area contributed by atoms with Crippen molar-refractivity contribution in [1.82, 2.24) is 0 Å². The van der Waals surface area contributed by atoms with Gasteiger partial charge in [0.2, 0.25) is 0 Å². The van der Waals surface area contributed by atoms with E-state index in [0.717, 1.165) is 11.3 Å². The maximum absolute atomic E-state index is 5.73. The van der Waals surface area contributed by atoms with Crippen molar-refractivity contribution in [2.75, 3.05) is 13.0 Å². The SMILES string of the molecule is COc1cccc(C(N)CCl)c1.Cl. The van der Waals surface area contributed by atoms with Gasteiger partial charge < -0.3 is 10.5 Å². The van der Waals surface area contributed by atoms with Crippen molar-refractivity contribution in [3.63, 3.8) is 0 Å². The zero-order valence-corrected chi connectivity index (χ0v) is 8.94. The third kappa shape index (κ3) is 3.43. The lowest BCUT2D eigenvalue weighted by atomic mass is 10.1. The molecule has 0 spiro atoms. The quantitative estimate of drug-likeness (QED) is 0.796. The predicted octanol–water partition coefficient (Wildman–Crippen LogP) is 2.36. The Morgan fingerprint density at radius 1 is 1.54 bits per heavy atom. The van der Waals surface area contributed by atoms with Crippen molar-refractivity contribution in [3.05, 3.63) is 29.8 Å². The van der Waals surface area contributed by atoms with E-state index in [0.29, 0.717) is 5.88 Å². The average molecular weight is 222 g/mol. The number of hydrogen-bond acceptors (Lipinski definition) is 2. The standard InChI is InChI=1S/C9H12ClNO.ClH/c1-12-8-4-2-3-7(5-8)9(11)6-10;/h2-5,9H,6,11H2,1H3;1H. The van der Waals surface area contributed by atoms with Crippen molar-refractivity contribution >= 4 is 24.0 Å². The highest BCUT2D eigenvalue weighted by Gasteiger charge is 2.03. The lowest BCUT2D eigenvalue weighted by Crippen LogP contribution is -2.11. The van der Waals surface area contributed by atoms with E-state index < -0.39 is 0 Å². The molecule has 0 aliphatic rings. The summed E-state index contributed by atoms with van der Waals surface area (Å²) >= 11 is 5.62. The highest BCUT2D eigenvalue weighted by atomic mass is 35.5. The van der Waals surface area contributed by atoms with Crippen molar-refractivity contribution in [2.24, 2.45) is 5.73 Å². The molecule has 4 heteroatoms. The van der Waals surface area contributed by atoms with Gasteiger partial charge in [-0.25, -0.2) is 0 Å². The first-order valence-corrected chi connectivity index (χ1v) is 4.27. The highest BCUT2D eigenvalue weighted by Crippen LogP contribution is 2.17. The number of ether oxygens (including phenoxy) is 1. The first kappa shape index (κ1) is 12.6. The predicted molar refractivity (Wildman–Crippen MR) is 57.9 cm³/mol. The molecule has 1 aromatic rings. The molecule has 13 heavy (non-hydrogen) atoms. The van der Waals surface area contributed by atoms with Crippen LogP contribution in [0.3, 0.4) is 0 Å². The van der Waals surface area contributed by atoms with Crippen LogP contribution in [-0.4, -0.2) is 13.0 Å². The third-order valence-electron chi connectivity index (χ3n) is 1.69. The van der Waals surface area contributed by atoms with Gasteiger partial charge in [-0.2, -0.15) is 0 Å². The molecule has 0 radical (unpaired) electrons. The second-order valence-electron chi connectivity index (χ2n) is 2.54. The zero-order chi connectivity index (χ0) is 8.97. The molecule has 0 fully saturated rings. The normalized spacial score (nSPS) is 11.6. The Morgan fingerprint density at radius 3 is 2.77 bits per heavy atom. The summed E-state index contributed by atoms with van der Waals surface area (Å²) < 4.78 is 5.05. The Kier molecular flexibility index (Phi) is 5.88. The minimum absolute atomic E-state index is 0. The second-order valence-corrected chi connectivity index (χ2v) is 2.85. The molecule has 0 heterocycles. The van der Waals surface area contributed by atoms with Gasteiger partial charge in [0.1, 0.15) is 5.75 Å². The minimum atomic E-state index is -0.109. The highest BCUT2D eigenvalue weighted by molar-refractivity contribution is 6.18. The number of methoxy groups -OCH3 is 1. The first-order chi connectivity index (χ1) is 5.77. The van der Waals surface area contributed by atoms with Crippen molar-refractivity contribution in [3.8, 4) is 5.75 Å². The van der Waals surface area contributed by atoms with Crippen LogP contribution in [0.4, 0.5) is 0 Å². The smallest absolute Gasteiger partial charge is 0.119 e. The van der Waals surface area contributed by atoms with Gasteiger partial charge in [-0.3, -0.25) is 0 Å². The van der Waals surface area contributed by atoms with E-state index in [-0.39, 0.29) is 18.4 Å². The maximum atomic E-state index is 5.73. The van der Waals surface area contributed by atoms with E-state index in [1.54, 1.807) is 7.11 Å². The summed E-state index contributed by atoms with van der Waals surface area (Å²) in [6.07, 6.45) is 0. The van der Waals surface area contributed by atoms with E-state index in [1.165, 1.54) is 0 Å². The van der Waals surface area contributed by atoms with E-state index in [1.807, 2.05) is 24.3 Å². The van der Waals surface area contributed by atoms with Gasteiger partial charge in [-0.15, -0.1) is 24.0 Å². The molecule has 0 saturated carbocycles. The van der Waals surface area contributed by atoms with Gasteiger partial charge >= 0.3 is 0 Å². The van der Waals surface area contributed by atoms with Crippen LogP contribution in [0.25, 0.3) is 0 Å². The molecular weight excluding hydrogens is 209 g/mol. The molecule has 0 amide bonds. The molecule has 0 aliphatic carbocycles. The summed E-state index contributed by atoms with van der Waals surface area (Å²) in [5.41, 5.74) is 6.73. The van der Waals surface area contributed by atoms with Crippen LogP contribution in [0.1, 0.15) is 11.6 Å². The molecule has 0 bridgehead atoms. The fourth-order valence-electron chi connectivity index (χ4n) is 0.961. The number of benzene rings is 1. The fraction of sp³-hybridized carbons (Fsp3) is 0.333. The maximum Gasteiger partial charge on any atom is 0.119 e. The van der Waals surface area contributed by atoms with Gasteiger partial charge in [0.25, 0.3) is 0 Å². The number of rotatable bonds is 3. The first-order valence-electron chi connectivity index (χ1n) is 3.73. The summed E-state index contributed by atoms with van der Waals surface area (Å²) in [4.78, 5) is 0. The molecule has 0 aromatic heterocycles. The molecule has 1 rings (SSSR count). The van der Waals surface area contributed by atoms with E-state index in [4.69, 9.17) is 22.1 Å². The monoisotopic (exact) mass is 221 g/mol. The Labute approximate surface area is 89.4 Å². The van der Waals surface area contributed by atoms with Crippen LogP contribution in [0.15, 0.2) is 24.3 Å². The minimum Gasteiger partial charge on any atom is -0.497 e. The van der Waals surface area contributed by atoms with Crippen LogP contribution in [0.2, 0.25) is 0 Å². The summed E-state index contributed by atoms with van der Waals surface area (Å²) in [6, 6.07) is 7.51. The van der Waals surface area contributed by atoms with Crippen LogP contribution in [-0.2, 0) is 0 Å². The Bertz CT molecular complexity index is 255. The topological polar surface area (TPSA) is 35.2 Å². The van der Waals surface area contributed by atoms with Gasteiger partial charge in [0, 0.05) is 11.9 Å². The number of nitrogens with two attached hydrogens (primary N) is 1. The van der Waals surface area contributed by atoms with Gasteiger partial charge in [0.05, 0.1) is 7.11 Å². The molecule has 74 valence electrons. The van der Waals surface area contributed by atoms with E-state index in [9.17, 15) is 0 Å². The molecule has 2 N–H and O–H groups in total. The lowest BCUT2D eigenvalue weighted by Gasteiger charge is -2.08. The van der Waals surface area contributed by atoms with Crippen LogP contribution in [0.5, 0.6) is 5.75 Å². The molecule has 1 unspecified atom stereocenters. The molecule has 1 atom stereocenters. The molecule has 0 aliphatic heterocycles. The zero-order valence-electron chi connectivity index (χ0n) is 7.37. The average Bonchev–Trinajstić information content (AvgIpc) is 2.17. The van der Waals surface area contributed by atoms with Crippen molar-refractivity contribution in [1.29, 1.82) is 0 Å². The third-order valence-corrected chi connectivity index (χ3v) is 2.02. The van der Waals surface area contributed by atoms with Gasteiger partial charge in [0.15, 0.2) is 0 Å². The summed E-state index contributed by atoms with van der Waals surface area (Å²) in [7, 11) is 1.63. The fourth-order valence-corrected chi connectivity index (χ4v) is 1.14. The van der Waals surface area contributed by atoms with Crippen LogP contribution in [0, 0.1) is 0 Å². The van der Waals surface area contributed by atoms with Crippen LogP contribution < -0.4 is 10.5 Å². The molecule has 2 nitrogen and oxygen atoms in total. The molecule has 1 aromatic carbocycles. The van der Waals surface area contributed by atoms with Crippen molar-refractivity contribution in [2.45, 2.75) is 6.04 Å². The summed E-state index contributed by atoms with van der Waals surface area (Å²) in [6.45, 7) is 0. The number of halogens is 2. The lowest BCUT2D eigenvalue weighted by molar-refractivity contribution is 0.414. The number of hydrogen-bond donors (Lipinski definition) is 1. The van der Waals surface area contributed by atoms with Gasteiger partial charge in [-0.1, -0.05) is 12.1 Å². The Balaban J connectivity index is 0.00000144. The van der Waals surface area contributed by atoms with E-state index in [2.05, 4.69) is 0 Å². The molecule has 0 saturated heterocycles. The largest absolute Gasteiger partial charge is 0.497 e. The second kappa shape index (κ2) is 6.08. The Morgan fingerprint density at radius 2 is 2.23 bits per heavy atom. The molecular formula is C9H13Cl2NO. The van der Waals surface area contributed by atoms with E-state index >= 15 is 0 Å². The summed E-state index contributed by atoms with van der Waals surface area (Å²) in [5, 5.41) is 0. The van der Waals surface area contributed by atoms with Crippen LogP contribution >= 0.6 is 24.0 Å². The van der Waals surface area contributed by atoms with Crippen molar-refractivity contribution < 1.29 is 4.74 Å². The number of alkyl halides is 1. The summed E-state index contributed by atoms with van der Waals surface area (Å²) in [5.74, 6) is 1.24.